The van der Waals surface area contributed by atoms with Gasteiger partial charge in [-0.1, -0.05) is 29.8 Å². The van der Waals surface area contributed by atoms with E-state index in [1.165, 1.54) is 4.31 Å². The number of nitrogens with zero attached hydrogens (tertiary/aromatic N) is 1. The van der Waals surface area contributed by atoms with Gasteiger partial charge in [0, 0.05) is 35.8 Å². The number of methoxy groups -OCH3 is 1. The van der Waals surface area contributed by atoms with Gasteiger partial charge in [0.05, 0.1) is 12.9 Å². The molecule has 0 bridgehead atoms. The number of rotatable bonds is 6. The van der Waals surface area contributed by atoms with Crippen LogP contribution in [0, 0.1) is 5.92 Å². The van der Waals surface area contributed by atoms with E-state index in [1.807, 2.05) is 0 Å². The third-order valence-electron chi connectivity index (χ3n) is 4.82. The Hall–Kier alpha value is -2.09. The third-order valence-corrected chi connectivity index (χ3v) is 6.92. The highest BCUT2D eigenvalue weighted by atomic mass is 35.5. The first kappa shape index (κ1) is 20.6. The smallest absolute Gasteiger partial charge is 0.227 e. The quantitative estimate of drug-likeness (QED) is 0.772. The number of anilines is 1. The summed E-state index contributed by atoms with van der Waals surface area (Å²) in [4.78, 5) is 12.5. The minimum absolute atomic E-state index is 0.0646. The largest absolute Gasteiger partial charge is 0.497 e. The lowest BCUT2D eigenvalue weighted by molar-refractivity contribution is -0.120. The molecule has 2 aromatic rings. The minimum Gasteiger partial charge on any atom is -0.497 e. The molecule has 6 nitrogen and oxygen atoms in total. The summed E-state index contributed by atoms with van der Waals surface area (Å²) in [5.41, 5.74) is 1.37. The number of nitrogens with one attached hydrogen (secondary N) is 1. The first-order valence-corrected chi connectivity index (χ1v) is 11.0. The van der Waals surface area contributed by atoms with E-state index in [9.17, 15) is 13.2 Å². The molecule has 0 atom stereocenters. The van der Waals surface area contributed by atoms with E-state index >= 15 is 0 Å². The molecule has 3 rings (SSSR count). The zero-order valence-electron chi connectivity index (χ0n) is 15.6. The molecule has 1 aliphatic rings. The molecule has 1 aliphatic heterocycles. The summed E-state index contributed by atoms with van der Waals surface area (Å²) in [6.45, 7) is 0.679. The predicted octanol–water partition coefficient (Wildman–Crippen LogP) is 3.53. The molecule has 1 fully saturated rings. The van der Waals surface area contributed by atoms with Gasteiger partial charge in [-0.05, 0) is 42.7 Å². The number of piperidine rings is 1. The fourth-order valence-corrected chi connectivity index (χ4v) is 4.91. The van der Waals surface area contributed by atoms with Crippen LogP contribution < -0.4 is 10.1 Å². The van der Waals surface area contributed by atoms with Crippen LogP contribution in [0.4, 0.5) is 5.69 Å². The van der Waals surface area contributed by atoms with Crippen molar-refractivity contribution in [1.29, 1.82) is 0 Å². The maximum Gasteiger partial charge on any atom is 0.227 e. The van der Waals surface area contributed by atoms with E-state index in [-0.39, 0.29) is 17.6 Å². The Morgan fingerprint density at radius 2 is 1.86 bits per heavy atom. The first-order valence-electron chi connectivity index (χ1n) is 9.04. The first-order chi connectivity index (χ1) is 13.4. The molecule has 0 radical (unpaired) electrons. The van der Waals surface area contributed by atoms with Crippen molar-refractivity contribution < 1.29 is 17.9 Å². The highest BCUT2D eigenvalue weighted by molar-refractivity contribution is 7.88. The van der Waals surface area contributed by atoms with Gasteiger partial charge in [0.25, 0.3) is 0 Å². The molecule has 1 amide bonds. The van der Waals surface area contributed by atoms with Crippen LogP contribution in [-0.2, 0) is 20.6 Å². The second-order valence-electron chi connectivity index (χ2n) is 6.78. The maximum atomic E-state index is 12.7. The molecule has 0 unspecified atom stereocenters. The van der Waals surface area contributed by atoms with Crippen molar-refractivity contribution in [2.75, 3.05) is 25.5 Å². The molecule has 2 aromatic carbocycles. The number of carbonyl (C=O) groups excluding carboxylic acids is 1. The fourth-order valence-electron chi connectivity index (χ4n) is 3.22. The van der Waals surface area contributed by atoms with Crippen LogP contribution in [0.25, 0.3) is 0 Å². The fraction of sp³-hybridized carbons (Fsp3) is 0.350. The number of halogens is 1. The molecule has 0 aromatic heterocycles. The highest BCUT2D eigenvalue weighted by Gasteiger charge is 2.31. The van der Waals surface area contributed by atoms with Crippen molar-refractivity contribution >= 4 is 33.2 Å². The average molecular weight is 423 g/mol. The van der Waals surface area contributed by atoms with E-state index in [0.29, 0.717) is 48.0 Å². The summed E-state index contributed by atoms with van der Waals surface area (Å²) in [6, 6.07) is 14.0. The summed E-state index contributed by atoms with van der Waals surface area (Å²) in [7, 11) is -1.85. The van der Waals surface area contributed by atoms with E-state index in [0.717, 1.165) is 0 Å². The molecule has 0 aliphatic carbocycles. The van der Waals surface area contributed by atoms with Crippen LogP contribution in [0.15, 0.2) is 48.5 Å². The minimum atomic E-state index is -3.42. The molecule has 150 valence electrons. The van der Waals surface area contributed by atoms with Gasteiger partial charge in [-0.2, -0.15) is 0 Å². The Morgan fingerprint density at radius 3 is 2.50 bits per heavy atom. The van der Waals surface area contributed by atoms with Crippen LogP contribution in [0.2, 0.25) is 5.02 Å². The zero-order chi connectivity index (χ0) is 20.1. The third kappa shape index (κ3) is 5.25. The molecular formula is C20H23ClN2O4S. The molecule has 1 heterocycles. The molecule has 0 spiro atoms. The van der Waals surface area contributed by atoms with Gasteiger partial charge < -0.3 is 10.1 Å². The van der Waals surface area contributed by atoms with Gasteiger partial charge in [0.1, 0.15) is 5.75 Å². The standard InChI is InChI=1S/C20H23ClN2O4S/c1-27-19-4-2-3-18(13-19)22-20(24)16-9-11-23(12-10-16)28(25,26)14-15-5-7-17(21)8-6-15/h2-8,13,16H,9-12,14H2,1H3,(H,22,24). The van der Waals surface area contributed by atoms with Crippen LogP contribution >= 0.6 is 11.6 Å². The van der Waals surface area contributed by atoms with Crippen LogP contribution in [0.5, 0.6) is 5.75 Å². The van der Waals surface area contributed by atoms with E-state index < -0.39 is 10.0 Å². The number of sulfonamides is 1. The number of carbonyl (C=O) groups is 1. The van der Waals surface area contributed by atoms with Crippen molar-refractivity contribution in [3.8, 4) is 5.75 Å². The monoisotopic (exact) mass is 422 g/mol. The lowest BCUT2D eigenvalue weighted by Crippen LogP contribution is -2.41. The van der Waals surface area contributed by atoms with E-state index in [1.54, 1.807) is 55.6 Å². The van der Waals surface area contributed by atoms with Crippen LogP contribution in [0.3, 0.4) is 0 Å². The second-order valence-corrected chi connectivity index (χ2v) is 9.18. The number of hydrogen-bond acceptors (Lipinski definition) is 4. The number of benzene rings is 2. The lowest BCUT2D eigenvalue weighted by atomic mass is 9.97. The van der Waals surface area contributed by atoms with Gasteiger partial charge in [-0.3, -0.25) is 4.79 Å². The highest BCUT2D eigenvalue weighted by Crippen LogP contribution is 2.24. The van der Waals surface area contributed by atoms with Gasteiger partial charge in [0.15, 0.2) is 0 Å². The van der Waals surface area contributed by atoms with Crippen molar-refractivity contribution in [2.24, 2.45) is 5.92 Å². The van der Waals surface area contributed by atoms with Crippen molar-refractivity contribution in [3.05, 3.63) is 59.1 Å². The topological polar surface area (TPSA) is 75.7 Å². The molecule has 1 saturated heterocycles. The Balaban J connectivity index is 1.55. The molecule has 1 N–H and O–H groups in total. The van der Waals surface area contributed by atoms with Gasteiger partial charge >= 0.3 is 0 Å². The second kappa shape index (κ2) is 8.94. The Morgan fingerprint density at radius 1 is 1.18 bits per heavy atom. The van der Waals surface area contributed by atoms with E-state index in [4.69, 9.17) is 16.3 Å². The van der Waals surface area contributed by atoms with Crippen LogP contribution in [-0.4, -0.2) is 38.8 Å². The summed E-state index contributed by atoms with van der Waals surface area (Å²) >= 11 is 5.85. The van der Waals surface area contributed by atoms with Crippen LogP contribution in [0.1, 0.15) is 18.4 Å². The Bertz CT molecular complexity index is 923. The average Bonchev–Trinajstić information content (AvgIpc) is 2.70. The molecule has 0 saturated carbocycles. The number of amides is 1. The van der Waals surface area contributed by atoms with Crippen molar-refractivity contribution in [3.63, 3.8) is 0 Å². The molecule has 8 heteroatoms. The van der Waals surface area contributed by atoms with Crippen molar-refractivity contribution in [2.45, 2.75) is 18.6 Å². The normalized spacial score (nSPS) is 15.9. The van der Waals surface area contributed by atoms with E-state index in [2.05, 4.69) is 5.32 Å². The summed E-state index contributed by atoms with van der Waals surface area (Å²) < 4.78 is 31.9. The number of ether oxygens (including phenoxy) is 1. The predicted molar refractivity (Wildman–Crippen MR) is 110 cm³/mol. The summed E-state index contributed by atoms with van der Waals surface area (Å²) in [6.07, 6.45) is 0.991. The van der Waals surface area contributed by atoms with Gasteiger partial charge in [0.2, 0.25) is 15.9 Å². The zero-order valence-corrected chi connectivity index (χ0v) is 17.2. The maximum absolute atomic E-state index is 12.7. The lowest BCUT2D eigenvalue weighted by Gasteiger charge is -2.30. The van der Waals surface area contributed by atoms with Gasteiger partial charge in [-0.25, -0.2) is 12.7 Å². The Labute approximate surface area is 170 Å². The SMILES string of the molecule is COc1cccc(NC(=O)C2CCN(S(=O)(=O)Cc3ccc(Cl)cc3)CC2)c1. The molecular weight excluding hydrogens is 400 g/mol. The molecule has 28 heavy (non-hydrogen) atoms. The number of hydrogen-bond donors (Lipinski definition) is 1. The summed E-state index contributed by atoms with van der Waals surface area (Å²) in [5, 5.41) is 3.46. The van der Waals surface area contributed by atoms with Gasteiger partial charge in [-0.15, -0.1) is 0 Å². The van der Waals surface area contributed by atoms with Crippen molar-refractivity contribution in [1.82, 2.24) is 4.31 Å². The summed E-state index contributed by atoms with van der Waals surface area (Å²) in [5.74, 6) is 0.294. The Kier molecular flexibility index (Phi) is 6.59.